The summed E-state index contributed by atoms with van der Waals surface area (Å²) in [6.45, 7) is 2.35. The molecule has 19 heteroatoms. The normalized spacial score (nSPS) is 24.1. The molecule has 3 aliphatic heterocycles. The van der Waals surface area contributed by atoms with Gasteiger partial charge in [0, 0.05) is 31.2 Å². The Bertz CT molecular complexity index is 2260. The van der Waals surface area contributed by atoms with E-state index in [-0.39, 0.29) is 82.4 Å². The van der Waals surface area contributed by atoms with Crippen LogP contribution in [0.5, 0.6) is 11.5 Å². The van der Waals surface area contributed by atoms with Gasteiger partial charge in [-0.05, 0) is 124 Å². The number of benzene rings is 3. The minimum atomic E-state index is -1.50. The molecule has 3 fully saturated rings. The summed E-state index contributed by atoms with van der Waals surface area (Å²) >= 11 is 0. The highest BCUT2D eigenvalue weighted by atomic mass is 16.5. The van der Waals surface area contributed by atoms with Crippen LogP contribution in [-0.4, -0.2) is 143 Å². The highest BCUT2D eigenvalue weighted by molar-refractivity contribution is 6.00. The van der Waals surface area contributed by atoms with Crippen molar-refractivity contribution in [3.63, 3.8) is 0 Å². The molecule has 0 spiro atoms. The molecular formula is C51H69N9O10. The second-order valence-electron chi connectivity index (χ2n) is 18.3. The van der Waals surface area contributed by atoms with Crippen LogP contribution in [0.4, 0.5) is 0 Å². The van der Waals surface area contributed by atoms with Gasteiger partial charge in [-0.25, -0.2) is 0 Å². The molecular weight excluding hydrogens is 899 g/mol. The number of carbonyl (C=O) groups excluding carboxylic acids is 7. The predicted octanol–water partition coefficient (Wildman–Crippen LogP) is 1.37. The molecule has 3 heterocycles. The third-order valence-electron chi connectivity index (χ3n) is 13.1. The molecule has 0 radical (unpaired) electrons. The number of rotatable bonds is 15. The molecule has 7 amide bonds. The summed E-state index contributed by atoms with van der Waals surface area (Å²) in [5.41, 5.74) is 15.0. The van der Waals surface area contributed by atoms with Crippen LogP contribution in [0.2, 0.25) is 0 Å². The van der Waals surface area contributed by atoms with Crippen LogP contribution in [0.25, 0.3) is 11.1 Å². The fourth-order valence-electron chi connectivity index (χ4n) is 9.13. The van der Waals surface area contributed by atoms with Gasteiger partial charge in [-0.3, -0.25) is 33.6 Å². The van der Waals surface area contributed by atoms with Crippen molar-refractivity contribution >= 4 is 41.4 Å². The number of aliphatic hydroxyl groups excluding tert-OH is 1. The number of carbonyl (C=O) groups is 7. The van der Waals surface area contributed by atoms with Gasteiger partial charge in [-0.1, -0.05) is 56.2 Å². The molecule has 70 heavy (non-hydrogen) atoms. The Kier molecular flexibility index (Phi) is 19.5. The summed E-state index contributed by atoms with van der Waals surface area (Å²) in [6, 6.07) is 13.2. The van der Waals surface area contributed by atoms with Crippen LogP contribution >= 0.6 is 0 Å². The van der Waals surface area contributed by atoms with Gasteiger partial charge in [-0.2, -0.15) is 0 Å². The van der Waals surface area contributed by atoms with E-state index in [1.165, 1.54) is 21.9 Å². The maximum atomic E-state index is 14.3. The largest absolute Gasteiger partial charge is 0.508 e. The first-order valence-corrected chi connectivity index (χ1v) is 24.6. The molecule has 3 aromatic rings. The van der Waals surface area contributed by atoms with Crippen molar-refractivity contribution in [2.24, 2.45) is 11.5 Å². The van der Waals surface area contributed by atoms with Crippen molar-refractivity contribution in [2.45, 2.75) is 126 Å². The van der Waals surface area contributed by atoms with Gasteiger partial charge in [0.1, 0.15) is 47.8 Å². The molecule has 0 bridgehead atoms. The van der Waals surface area contributed by atoms with Crippen LogP contribution in [0, 0.1) is 0 Å². The van der Waals surface area contributed by atoms with Gasteiger partial charge >= 0.3 is 0 Å². The SMILES string of the molecule is CCCCCOc1ccc(-c2ccc(C(=O)N[C@H]3CCCNC(=O)[C@@H]4C[C@H](N)CN4C(=O)[C@H](CCCN)NC(=O)[C@H](CCc4ccc(O)cc4)NC(=O)[C@@H]4CCCN4C(=O)[C@H](CO)NC3=O)cc2)cc1. The minimum absolute atomic E-state index is 0.00453. The zero-order valence-electron chi connectivity index (χ0n) is 39.9. The van der Waals surface area contributed by atoms with E-state index in [0.29, 0.717) is 19.4 Å². The Labute approximate surface area is 408 Å². The molecule has 3 saturated heterocycles. The van der Waals surface area contributed by atoms with Crippen molar-refractivity contribution in [3.05, 3.63) is 83.9 Å². The average molecular weight is 968 g/mol. The van der Waals surface area contributed by atoms with Crippen LogP contribution in [0.15, 0.2) is 72.8 Å². The number of hydrogen-bond acceptors (Lipinski definition) is 12. The van der Waals surface area contributed by atoms with Crippen molar-refractivity contribution < 1.29 is 48.5 Å². The van der Waals surface area contributed by atoms with E-state index in [0.717, 1.165) is 41.7 Å². The van der Waals surface area contributed by atoms with Gasteiger partial charge in [0.05, 0.1) is 13.2 Å². The molecule has 378 valence electrons. The third kappa shape index (κ3) is 14.3. The zero-order chi connectivity index (χ0) is 50.2. The topological polar surface area (TPSA) is 288 Å². The number of nitrogens with two attached hydrogens (primary N) is 2. The molecule has 0 unspecified atom stereocenters. The first-order valence-electron chi connectivity index (χ1n) is 24.6. The second-order valence-corrected chi connectivity index (χ2v) is 18.3. The van der Waals surface area contributed by atoms with E-state index in [1.807, 2.05) is 24.3 Å². The number of amides is 7. The number of nitrogens with zero attached hydrogens (tertiary/aromatic N) is 2. The first-order chi connectivity index (χ1) is 33.8. The number of fused-ring (bicyclic) bond motifs is 2. The lowest BCUT2D eigenvalue weighted by atomic mass is 10.0. The van der Waals surface area contributed by atoms with Crippen LogP contribution in [-0.2, 0) is 35.2 Å². The number of hydrogen-bond donors (Lipinski definition) is 9. The Morgan fingerprint density at radius 3 is 2.10 bits per heavy atom. The fraction of sp³-hybridized carbons (Fsp3) is 0.510. The Morgan fingerprint density at radius 2 is 1.41 bits per heavy atom. The quantitative estimate of drug-likeness (QED) is 0.0978. The van der Waals surface area contributed by atoms with Crippen LogP contribution in [0.3, 0.4) is 0 Å². The second kappa shape index (κ2) is 25.9. The Balaban J connectivity index is 1.24. The Hall–Kier alpha value is -6.57. The highest BCUT2D eigenvalue weighted by Crippen LogP contribution is 2.25. The number of phenols is 1. The molecule has 7 atom stereocenters. The number of nitrogens with one attached hydrogen (secondary N) is 5. The van der Waals surface area contributed by atoms with Crippen molar-refractivity contribution in [1.82, 2.24) is 36.4 Å². The average Bonchev–Trinajstić information content (AvgIpc) is 4.03. The van der Waals surface area contributed by atoms with Crippen molar-refractivity contribution in [3.8, 4) is 22.6 Å². The van der Waals surface area contributed by atoms with E-state index in [9.17, 15) is 43.8 Å². The van der Waals surface area contributed by atoms with Gasteiger partial charge < -0.3 is 62.8 Å². The maximum Gasteiger partial charge on any atom is 0.251 e. The zero-order valence-corrected chi connectivity index (χ0v) is 39.9. The lowest BCUT2D eigenvalue weighted by molar-refractivity contribution is -0.143. The predicted molar refractivity (Wildman–Crippen MR) is 261 cm³/mol. The molecule has 3 aromatic carbocycles. The fourth-order valence-corrected chi connectivity index (χ4v) is 9.13. The smallest absolute Gasteiger partial charge is 0.251 e. The van der Waals surface area contributed by atoms with E-state index >= 15 is 0 Å². The molecule has 3 aliphatic rings. The summed E-state index contributed by atoms with van der Waals surface area (Å²) in [5.74, 6) is -3.65. The number of aryl methyl sites for hydroxylation is 1. The van der Waals surface area contributed by atoms with E-state index in [4.69, 9.17) is 16.2 Å². The van der Waals surface area contributed by atoms with E-state index < -0.39 is 90.3 Å². The molecule has 6 rings (SSSR count). The molecule has 0 saturated carbocycles. The van der Waals surface area contributed by atoms with E-state index in [1.54, 1.807) is 36.4 Å². The van der Waals surface area contributed by atoms with Crippen molar-refractivity contribution in [2.75, 3.05) is 39.4 Å². The molecule has 19 nitrogen and oxygen atoms in total. The number of aromatic hydroxyl groups is 1. The summed E-state index contributed by atoms with van der Waals surface area (Å²) in [7, 11) is 0. The number of ether oxygens (including phenoxy) is 1. The number of aliphatic hydroxyl groups is 1. The lowest BCUT2D eigenvalue weighted by Crippen LogP contribution is -2.59. The minimum Gasteiger partial charge on any atom is -0.508 e. The van der Waals surface area contributed by atoms with Crippen molar-refractivity contribution in [1.29, 1.82) is 0 Å². The molecule has 0 aromatic heterocycles. The Morgan fingerprint density at radius 1 is 0.743 bits per heavy atom. The molecule has 11 N–H and O–H groups in total. The van der Waals surface area contributed by atoms with Gasteiger partial charge in [0.25, 0.3) is 5.91 Å². The van der Waals surface area contributed by atoms with Crippen LogP contribution in [0.1, 0.15) is 93.5 Å². The maximum absolute atomic E-state index is 14.3. The third-order valence-corrected chi connectivity index (χ3v) is 13.1. The summed E-state index contributed by atoms with van der Waals surface area (Å²) < 4.78 is 5.84. The monoisotopic (exact) mass is 968 g/mol. The highest BCUT2D eigenvalue weighted by Gasteiger charge is 2.43. The summed E-state index contributed by atoms with van der Waals surface area (Å²) in [6.07, 6.45) is 4.95. The first kappa shape index (κ1) is 52.8. The van der Waals surface area contributed by atoms with Crippen LogP contribution < -0.4 is 42.8 Å². The number of unbranched alkanes of at least 4 members (excludes halogenated alkanes) is 2. The number of phenolic OH excluding ortho intramolecular Hbond substituents is 1. The molecule has 0 aliphatic carbocycles. The summed E-state index contributed by atoms with van der Waals surface area (Å²) in [4.78, 5) is 101. The van der Waals surface area contributed by atoms with E-state index in [2.05, 4.69) is 33.5 Å². The standard InChI is InChI=1S/C51H69N9O10/c1-2-3-4-28-70-38-22-18-34(19-23-38)33-14-16-35(17-15-33)45(63)55-39-9-6-26-54-48(66)44-29-36(53)30-60(44)50(68)41(8-5-25-52)57-47(65)40(24-13-32-11-20-37(62)21-12-32)56-49(67)43-10-7-27-59(43)51(69)42(31-61)58-46(39)64/h11-12,14-23,36,39-44,61-62H,2-10,13,24-31,52-53H2,1H3,(H,54,66)(H,55,63)(H,56,67)(H,57,65)(H,58,64)/t36-,39-,40-,41-,42-,43-,44-/m0/s1. The van der Waals surface area contributed by atoms with Gasteiger partial charge in [0.15, 0.2) is 0 Å². The summed E-state index contributed by atoms with van der Waals surface area (Å²) in [5, 5.41) is 34.2. The lowest BCUT2D eigenvalue weighted by Gasteiger charge is -2.31. The van der Waals surface area contributed by atoms with Gasteiger partial charge in [-0.15, -0.1) is 0 Å². The van der Waals surface area contributed by atoms with Gasteiger partial charge in [0.2, 0.25) is 35.4 Å².